The standard InChI is InChI=1S/C23H27N3O2/c1-15-7-8-21(10-16(15)2)26-17(3)11-19(18(26)4)12-20(13-24)23(27)25-14-22-6-5-9-28-22/h7-8,10-12,22H,5-6,9,14H2,1-4H3,(H,25,27)/b20-12+/t22-/m1/s1. The number of nitriles is 1. The van der Waals surface area contributed by atoms with Gasteiger partial charge in [0.05, 0.1) is 6.10 Å². The van der Waals surface area contributed by atoms with Crippen molar-refractivity contribution in [3.63, 3.8) is 0 Å². The number of aryl methyl sites for hydroxylation is 3. The van der Waals surface area contributed by atoms with Gasteiger partial charge in [-0.15, -0.1) is 0 Å². The predicted octanol–water partition coefficient (Wildman–Crippen LogP) is 3.91. The second-order valence-corrected chi connectivity index (χ2v) is 7.45. The number of amides is 1. The van der Waals surface area contributed by atoms with Crippen LogP contribution in [0.5, 0.6) is 0 Å². The monoisotopic (exact) mass is 377 g/mol. The van der Waals surface area contributed by atoms with Crippen molar-refractivity contribution in [1.82, 2.24) is 9.88 Å². The van der Waals surface area contributed by atoms with Crippen LogP contribution in [0.4, 0.5) is 0 Å². The molecule has 0 bridgehead atoms. The van der Waals surface area contributed by atoms with E-state index in [0.29, 0.717) is 6.54 Å². The highest BCUT2D eigenvalue weighted by Crippen LogP contribution is 2.24. The van der Waals surface area contributed by atoms with Crippen LogP contribution in [-0.2, 0) is 9.53 Å². The highest BCUT2D eigenvalue weighted by molar-refractivity contribution is 6.01. The molecule has 1 saturated heterocycles. The summed E-state index contributed by atoms with van der Waals surface area (Å²) in [6.07, 6.45) is 3.69. The molecule has 1 atom stereocenters. The molecule has 0 spiro atoms. The van der Waals surface area contributed by atoms with E-state index in [4.69, 9.17) is 4.74 Å². The molecular weight excluding hydrogens is 350 g/mol. The maximum Gasteiger partial charge on any atom is 0.262 e. The Hall–Kier alpha value is -2.84. The molecule has 5 heteroatoms. The molecule has 0 saturated carbocycles. The predicted molar refractivity (Wildman–Crippen MR) is 110 cm³/mol. The van der Waals surface area contributed by atoms with Crippen LogP contribution in [0, 0.1) is 39.0 Å². The van der Waals surface area contributed by atoms with Gasteiger partial charge in [-0.3, -0.25) is 4.79 Å². The molecule has 28 heavy (non-hydrogen) atoms. The molecule has 5 nitrogen and oxygen atoms in total. The van der Waals surface area contributed by atoms with Crippen molar-refractivity contribution in [1.29, 1.82) is 5.26 Å². The molecule has 1 aliphatic rings. The van der Waals surface area contributed by atoms with Gasteiger partial charge in [0.25, 0.3) is 5.91 Å². The first kappa shape index (κ1) is 19.9. The van der Waals surface area contributed by atoms with E-state index in [1.165, 1.54) is 11.1 Å². The van der Waals surface area contributed by atoms with E-state index in [2.05, 4.69) is 41.9 Å². The van der Waals surface area contributed by atoms with Gasteiger partial charge in [0.2, 0.25) is 0 Å². The van der Waals surface area contributed by atoms with E-state index in [0.717, 1.165) is 42.1 Å². The Kier molecular flexibility index (Phi) is 6.01. The zero-order chi connectivity index (χ0) is 20.3. The number of carbonyl (C=O) groups excluding carboxylic acids is 1. The average Bonchev–Trinajstić information content (AvgIpc) is 3.28. The van der Waals surface area contributed by atoms with Gasteiger partial charge in [-0.1, -0.05) is 6.07 Å². The van der Waals surface area contributed by atoms with Crippen LogP contribution in [0.1, 0.15) is 40.9 Å². The molecule has 0 unspecified atom stereocenters. The Morgan fingerprint density at radius 1 is 1.29 bits per heavy atom. The van der Waals surface area contributed by atoms with E-state index in [1.54, 1.807) is 6.08 Å². The van der Waals surface area contributed by atoms with Crippen LogP contribution in [0.3, 0.4) is 0 Å². The van der Waals surface area contributed by atoms with Crippen molar-refractivity contribution in [3.8, 4) is 11.8 Å². The maximum atomic E-state index is 12.4. The normalized spacial score (nSPS) is 16.8. The van der Waals surface area contributed by atoms with Gasteiger partial charge in [0, 0.05) is 30.2 Å². The molecule has 2 aromatic rings. The lowest BCUT2D eigenvalue weighted by atomic mass is 10.1. The van der Waals surface area contributed by atoms with E-state index in [9.17, 15) is 10.1 Å². The van der Waals surface area contributed by atoms with Gasteiger partial charge < -0.3 is 14.6 Å². The summed E-state index contributed by atoms with van der Waals surface area (Å²) in [5.41, 5.74) is 6.61. The fourth-order valence-electron chi connectivity index (χ4n) is 3.61. The van der Waals surface area contributed by atoms with E-state index in [1.807, 2.05) is 26.0 Å². The van der Waals surface area contributed by atoms with Crippen LogP contribution in [0.25, 0.3) is 11.8 Å². The highest BCUT2D eigenvalue weighted by atomic mass is 16.5. The van der Waals surface area contributed by atoms with Crippen molar-refractivity contribution < 1.29 is 9.53 Å². The molecule has 3 rings (SSSR count). The number of carbonyl (C=O) groups is 1. The van der Waals surface area contributed by atoms with E-state index >= 15 is 0 Å². The Labute approximate surface area is 166 Å². The van der Waals surface area contributed by atoms with Gasteiger partial charge in [-0.2, -0.15) is 5.26 Å². The third-order valence-corrected chi connectivity index (χ3v) is 5.40. The lowest BCUT2D eigenvalue weighted by molar-refractivity contribution is -0.117. The molecular formula is C23H27N3O2. The Morgan fingerprint density at radius 3 is 2.71 bits per heavy atom. The summed E-state index contributed by atoms with van der Waals surface area (Å²) in [6, 6.07) is 10.4. The summed E-state index contributed by atoms with van der Waals surface area (Å²) in [4.78, 5) is 12.4. The van der Waals surface area contributed by atoms with Crippen LogP contribution < -0.4 is 5.32 Å². The lowest BCUT2D eigenvalue weighted by Crippen LogP contribution is -2.32. The molecule has 146 valence electrons. The van der Waals surface area contributed by atoms with Crippen LogP contribution in [-0.4, -0.2) is 29.7 Å². The van der Waals surface area contributed by atoms with Crippen molar-refractivity contribution in [2.75, 3.05) is 13.2 Å². The number of nitrogens with one attached hydrogen (secondary N) is 1. The van der Waals surface area contributed by atoms with Gasteiger partial charge in [-0.05, 0) is 81.5 Å². The smallest absolute Gasteiger partial charge is 0.262 e. The van der Waals surface area contributed by atoms with Gasteiger partial charge in [0.15, 0.2) is 0 Å². The van der Waals surface area contributed by atoms with Crippen molar-refractivity contribution in [3.05, 3.63) is 57.9 Å². The fourth-order valence-corrected chi connectivity index (χ4v) is 3.61. The number of rotatable bonds is 5. The second kappa shape index (κ2) is 8.45. The minimum absolute atomic E-state index is 0.0544. The first-order chi connectivity index (χ1) is 13.4. The quantitative estimate of drug-likeness (QED) is 0.634. The number of nitrogens with zero attached hydrogens (tertiary/aromatic N) is 2. The van der Waals surface area contributed by atoms with Gasteiger partial charge in [-0.25, -0.2) is 0 Å². The summed E-state index contributed by atoms with van der Waals surface area (Å²) >= 11 is 0. The third-order valence-electron chi connectivity index (χ3n) is 5.40. The molecule has 1 aromatic carbocycles. The SMILES string of the molecule is Cc1ccc(-n2c(C)cc(/C=C(\C#N)C(=O)NC[C@H]3CCCO3)c2C)cc1C. The number of ether oxygens (including phenoxy) is 1. The zero-order valence-electron chi connectivity index (χ0n) is 17.0. The zero-order valence-corrected chi connectivity index (χ0v) is 17.0. The Morgan fingerprint density at radius 2 is 2.07 bits per heavy atom. The molecule has 1 amide bonds. The molecule has 2 heterocycles. The number of aromatic nitrogens is 1. The molecule has 1 fully saturated rings. The number of hydrogen-bond acceptors (Lipinski definition) is 3. The summed E-state index contributed by atoms with van der Waals surface area (Å²) in [6.45, 7) is 9.42. The molecule has 1 N–H and O–H groups in total. The van der Waals surface area contributed by atoms with E-state index in [-0.39, 0.29) is 17.6 Å². The van der Waals surface area contributed by atoms with Crippen molar-refractivity contribution >= 4 is 12.0 Å². The van der Waals surface area contributed by atoms with Crippen molar-refractivity contribution in [2.24, 2.45) is 0 Å². The topological polar surface area (TPSA) is 67.0 Å². The summed E-state index contributed by atoms with van der Waals surface area (Å²) in [7, 11) is 0. The first-order valence-corrected chi connectivity index (χ1v) is 9.69. The van der Waals surface area contributed by atoms with E-state index < -0.39 is 0 Å². The summed E-state index contributed by atoms with van der Waals surface area (Å²) < 4.78 is 7.67. The average molecular weight is 377 g/mol. The minimum Gasteiger partial charge on any atom is -0.376 e. The first-order valence-electron chi connectivity index (χ1n) is 9.69. The van der Waals surface area contributed by atoms with Crippen LogP contribution in [0.15, 0.2) is 29.8 Å². The van der Waals surface area contributed by atoms with Gasteiger partial charge in [0.1, 0.15) is 11.6 Å². The minimum atomic E-state index is -0.353. The van der Waals surface area contributed by atoms with Crippen molar-refractivity contribution in [2.45, 2.75) is 46.6 Å². The highest BCUT2D eigenvalue weighted by Gasteiger charge is 2.18. The molecule has 1 aliphatic heterocycles. The summed E-state index contributed by atoms with van der Waals surface area (Å²) in [5, 5.41) is 12.3. The largest absolute Gasteiger partial charge is 0.376 e. The molecule has 0 radical (unpaired) electrons. The second-order valence-electron chi connectivity index (χ2n) is 7.45. The maximum absolute atomic E-state index is 12.4. The van der Waals surface area contributed by atoms with Gasteiger partial charge >= 0.3 is 0 Å². The molecule has 0 aliphatic carbocycles. The third kappa shape index (κ3) is 4.18. The number of benzene rings is 1. The number of hydrogen-bond donors (Lipinski definition) is 1. The Bertz CT molecular complexity index is 957. The van der Waals surface area contributed by atoms with Crippen LogP contribution in [0.2, 0.25) is 0 Å². The van der Waals surface area contributed by atoms with Crippen LogP contribution >= 0.6 is 0 Å². The fraction of sp³-hybridized carbons (Fsp3) is 0.391. The lowest BCUT2D eigenvalue weighted by Gasteiger charge is -2.12. The molecule has 1 aromatic heterocycles. The summed E-state index contributed by atoms with van der Waals surface area (Å²) in [5.74, 6) is -0.353. The Balaban J connectivity index is 1.84.